The van der Waals surface area contributed by atoms with Gasteiger partial charge in [0.1, 0.15) is 29.8 Å². The Balaban J connectivity index is 1.67. The summed E-state index contributed by atoms with van der Waals surface area (Å²) in [5, 5.41) is 6.95. The lowest BCUT2D eigenvalue weighted by Gasteiger charge is -2.23. The second kappa shape index (κ2) is 6.86. The quantitative estimate of drug-likeness (QED) is 0.724. The number of alkyl halides is 1. The molecule has 7 nitrogen and oxygen atoms in total. The first kappa shape index (κ1) is 17.3. The monoisotopic (exact) mass is 368 g/mol. The van der Waals surface area contributed by atoms with E-state index in [1.54, 1.807) is 11.0 Å². The van der Waals surface area contributed by atoms with Gasteiger partial charge in [-0.3, -0.25) is 4.79 Å². The molecule has 2 N–H and O–H groups in total. The van der Waals surface area contributed by atoms with Crippen molar-refractivity contribution in [2.75, 3.05) is 37.4 Å². The number of likely N-dealkylation sites (N-methyl/N-ethyl adjacent to an activating group) is 1. The minimum atomic E-state index is -0.455. The molecule has 0 radical (unpaired) electrons. The van der Waals surface area contributed by atoms with Crippen LogP contribution in [0.25, 0.3) is 11.0 Å². The number of fused-ring (bicyclic) bond motifs is 3. The Kier molecular flexibility index (Phi) is 4.39. The van der Waals surface area contributed by atoms with Gasteiger partial charge >= 0.3 is 0 Å². The van der Waals surface area contributed by atoms with Crippen molar-refractivity contribution < 1.29 is 9.18 Å². The van der Waals surface area contributed by atoms with E-state index in [1.807, 2.05) is 42.9 Å². The molecule has 0 atom stereocenters. The lowest BCUT2D eigenvalue weighted by Crippen LogP contribution is -2.34. The highest BCUT2D eigenvalue weighted by atomic mass is 19.1. The fourth-order valence-corrected chi connectivity index (χ4v) is 3.43. The maximum Gasteiger partial charge on any atom is 0.256 e. The summed E-state index contributed by atoms with van der Waals surface area (Å²) >= 11 is 0. The van der Waals surface area contributed by atoms with Gasteiger partial charge in [0, 0.05) is 44.7 Å². The van der Waals surface area contributed by atoms with Crippen LogP contribution in [0.4, 0.5) is 21.8 Å². The molecule has 3 aromatic heterocycles. The van der Waals surface area contributed by atoms with Gasteiger partial charge in [0.05, 0.1) is 5.56 Å². The molecule has 1 amide bonds. The number of halogens is 1. The molecule has 0 aliphatic carbocycles. The van der Waals surface area contributed by atoms with E-state index in [-0.39, 0.29) is 12.5 Å². The lowest BCUT2D eigenvalue weighted by molar-refractivity contribution is 0.0781. The zero-order valence-corrected chi connectivity index (χ0v) is 15.3. The molecule has 0 fully saturated rings. The number of anilines is 3. The Labute approximate surface area is 156 Å². The summed E-state index contributed by atoms with van der Waals surface area (Å²) in [5.74, 6) is 1.89. The highest BCUT2D eigenvalue weighted by Gasteiger charge is 2.28. The molecular weight excluding hydrogens is 347 g/mol. The number of nitrogens with one attached hydrogen (secondary N) is 2. The summed E-state index contributed by atoms with van der Waals surface area (Å²) in [6.45, 7) is 0.478. The summed E-state index contributed by atoms with van der Waals surface area (Å²) in [6.07, 6.45) is 0.817. The number of aromatic nitrogens is 3. The number of carbonyl (C=O) groups is 1. The van der Waals surface area contributed by atoms with Crippen LogP contribution in [-0.4, -0.2) is 52.2 Å². The molecule has 8 heteroatoms. The maximum absolute atomic E-state index is 12.6. The molecule has 140 valence electrons. The van der Waals surface area contributed by atoms with Gasteiger partial charge in [0.15, 0.2) is 0 Å². The van der Waals surface area contributed by atoms with E-state index in [1.165, 1.54) is 0 Å². The number of pyridine rings is 2. The third-order valence-electron chi connectivity index (χ3n) is 4.81. The molecule has 0 bridgehead atoms. The van der Waals surface area contributed by atoms with Crippen LogP contribution in [0.15, 0.2) is 30.3 Å². The number of hydrogen-bond donors (Lipinski definition) is 2. The van der Waals surface area contributed by atoms with Crippen LogP contribution in [0, 0.1) is 0 Å². The van der Waals surface area contributed by atoms with E-state index >= 15 is 0 Å². The van der Waals surface area contributed by atoms with Crippen LogP contribution in [0.3, 0.4) is 0 Å². The maximum atomic E-state index is 12.6. The molecule has 0 unspecified atom stereocenters. The SMILES string of the molecule is CN1CCc2c(c3ccc(Nc4cccc(NCCF)n4)nc3n2C)C1=O. The van der Waals surface area contributed by atoms with Gasteiger partial charge in [-0.05, 0) is 24.3 Å². The van der Waals surface area contributed by atoms with Crippen molar-refractivity contribution in [3.8, 4) is 0 Å². The highest BCUT2D eigenvalue weighted by molar-refractivity contribution is 6.08. The standard InChI is InChI=1S/C19H21FN6O/c1-25-11-8-13-17(19(25)27)12-6-7-16(24-18(12)26(13)2)23-15-5-3-4-14(22-15)21-10-9-20/h3-7H,8-11H2,1-2H3,(H2,21,22,23,24). The Morgan fingerprint density at radius 3 is 2.70 bits per heavy atom. The topological polar surface area (TPSA) is 75.1 Å². The van der Waals surface area contributed by atoms with Gasteiger partial charge in [-0.2, -0.15) is 0 Å². The Hall–Kier alpha value is -3.16. The molecular formula is C19H21FN6O. The zero-order valence-electron chi connectivity index (χ0n) is 15.3. The van der Waals surface area contributed by atoms with Crippen molar-refractivity contribution in [3.63, 3.8) is 0 Å². The summed E-state index contributed by atoms with van der Waals surface area (Å²) in [4.78, 5) is 23.4. The number of hydrogen-bond acceptors (Lipinski definition) is 5. The molecule has 0 spiro atoms. The van der Waals surface area contributed by atoms with Crippen LogP contribution < -0.4 is 10.6 Å². The van der Waals surface area contributed by atoms with Gasteiger partial charge < -0.3 is 20.1 Å². The normalized spacial score (nSPS) is 13.7. The van der Waals surface area contributed by atoms with E-state index in [0.717, 1.165) is 28.7 Å². The van der Waals surface area contributed by atoms with Crippen molar-refractivity contribution in [2.45, 2.75) is 6.42 Å². The second-order valence-corrected chi connectivity index (χ2v) is 6.57. The van der Waals surface area contributed by atoms with Crippen molar-refractivity contribution in [1.29, 1.82) is 0 Å². The third kappa shape index (κ3) is 3.07. The molecule has 3 aromatic rings. The van der Waals surface area contributed by atoms with Crippen LogP contribution in [0.2, 0.25) is 0 Å². The fourth-order valence-electron chi connectivity index (χ4n) is 3.43. The van der Waals surface area contributed by atoms with Gasteiger partial charge in [-0.25, -0.2) is 14.4 Å². The molecule has 4 heterocycles. The average molecular weight is 368 g/mol. The Morgan fingerprint density at radius 2 is 1.89 bits per heavy atom. The Bertz CT molecular complexity index is 1010. The van der Waals surface area contributed by atoms with Gasteiger partial charge in [-0.1, -0.05) is 6.07 Å². The van der Waals surface area contributed by atoms with Crippen LogP contribution >= 0.6 is 0 Å². The Morgan fingerprint density at radius 1 is 1.11 bits per heavy atom. The second-order valence-electron chi connectivity index (χ2n) is 6.57. The van der Waals surface area contributed by atoms with E-state index < -0.39 is 6.67 Å². The predicted molar refractivity (Wildman–Crippen MR) is 103 cm³/mol. The lowest BCUT2D eigenvalue weighted by atomic mass is 10.1. The van der Waals surface area contributed by atoms with Crippen LogP contribution in [-0.2, 0) is 13.5 Å². The number of carbonyl (C=O) groups excluding carboxylic acids is 1. The van der Waals surface area contributed by atoms with Crippen molar-refractivity contribution in [2.24, 2.45) is 7.05 Å². The van der Waals surface area contributed by atoms with Gasteiger partial charge in [0.25, 0.3) is 5.91 Å². The number of amides is 1. The summed E-state index contributed by atoms with van der Waals surface area (Å²) < 4.78 is 14.3. The first-order chi connectivity index (χ1) is 13.1. The summed E-state index contributed by atoms with van der Waals surface area (Å²) in [7, 11) is 3.76. The van der Waals surface area contributed by atoms with Crippen molar-refractivity contribution in [3.05, 3.63) is 41.6 Å². The third-order valence-corrected chi connectivity index (χ3v) is 4.81. The van der Waals surface area contributed by atoms with E-state index in [4.69, 9.17) is 0 Å². The molecule has 0 saturated carbocycles. The smallest absolute Gasteiger partial charge is 0.256 e. The average Bonchev–Trinajstić information content (AvgIpc) is 2.96. The predicted octanol–water partition coefficient (Wildman–Crippen LogP) is 2.72. The van der Waals surface area contributed by atoms with Gasteiger partial charge in [0.2, 0.25) is 0 Å². The van der Waals surface area contributed by atoms with Gasteiger partial charge in [-0.15, -0.1) is 0 Å². The van der Waals surface area contributed by atoms with E-state index in [0.29, 0.717) is 24.0 Å². The minimum absolute atomic E-state index is 0.0395. The number of aryl methyl sites for hydroxylation is 1. The largest absolute Gasteiger partial charge is 0.367 e. The summed E-state index contributed by atoms with van der Waals surface area (Å²) in [5.41, 5.74) is 2.53. The first-order valence-corrected chi connectivity index (χ1v) is 8.86. The van der Waals surface area contributed by atoms with E-state index in [9.17, 15) is 9.18 Å². The van der Waals surface area contributed by atoms with Crippen molar-refractivity contribution in [1.82, 2.24) is 19.4 Å². The first-order valence-electron chi connectivity index (χ1n) is 8.86. The molecule has 0 aromatic carbocycles. The fraction of sp³-hybridized carbons (Fsp3) is 0.316. The molecule has 27 heavy (non-hydrogen) atoms. The number of rotatable bonds is 5. The summed E-state index contributed by atoms with van der Waals surface area (Å²) in [6, 6.07) is 9.20. The minimum Gasteiger partial charge on any atom is -0.367 e. The molecule has 1 aliphatic heterocycles. The molecule has 4 rings (SSSR count). The van der Waals surface area contributed by atoms with Crippen molar-refractivity contribution >= 4 is 34.4 Å². The zero-order chi connectivity index (χ0) is 19.0. The van der Waals surface area contributed by atoms with E-state index in [2.05, 4.69) is 20.6 Å². The van der Waals surface area contributed by atoms with Crippen LogP contribution in [0.1, 0.15) is 16.1 Å². The number of nitrogens with zero attached hydrogens (tertiary/aromatic N) is 4. The molecule has 0 saturated heterocycles. The highest BCUT2D eigenvalue weighted by Crippen LogP contribution is 2.30. The van der Waals surface area contributed by atoms with Crippen LogP contribution in [0.5, 0.6) is 0 Å². The molecule has 1 aliphatic rings.